The highest BCUT2D eigenvalue weighted by molar-refractivity contribution is 5.46. The third kappa shape index (κ3) is 4.00. The molecule has 0 fully saturated rings. The molecular weight excluding hydrogens is 248 g/mol. The molecule has 0 unspecified atom stereocenters. The third-order valence-electron chi connectivity index (χ3n) is 3.40. The van der Waals surface area contributed by atoms with Gasteiger partial charge in [0.25, 0.3) is 0 Å². The molecule has 0 radical (unpaired) electrons. The summed E-state index contributed by atoms with van der Waals surface area (Å²) in [4.78, 5) is 2.29. The summed E-state index contributed by atoms with van der Waals surface area (Å²) in [5, 5.41) is 0. The van der Waals surface area contributed by atoms with Gasteiger partial charge in [0, 0.05) is 18.8 Å². The second-order valence-corrected chi connectivity index (χ2v) is 5.04. The Morgan fingerprint density at radius 2 is 1.90 bits per heavy atom. The van der Waals surface area contributed by atoms with Crippen molar-refractivity contribution in [1.82, 2.24) is 4.90 Å². The van der Waals surface area contributed by atoms with Crippen molar-refractivity contribution in [2.75, 3.05) is 26.4 Å². The zero-order valence-electron chi connectivity index (χ0n) is 12.2. The van der Waals surface area contributed by atoms with Gasteiger partial charge < -0.3 is 15.4 Å². The Hall–Kier alpha value is -2.00. The summed E-state index contributed by atoms with van der Waals surface area (Å²) in [6.07, 6.45) is 0.965. The van der Waals surface area contributed by atoms with Gasteiger partial charge in [-0.15, -0.1) is 0 Å². The first-order chi connectivity index (χ1) is 9.69. The molecule has 0 atom stereocenters. The highest BCUT2D eigenvalue weighted by atomic mass is 16.5. The average Bonchev–Trinajstić information content (AvgIpc) is 2.46. The van der Waals surface area contributed by atoms with Gasteiger partial charge in [0.05, 0.1) is 7.11 Å². The summed E-state index contributed by atoms with van der Waals surface area (Å²) in [7, 11) is 3.82. The van der Waals surface area contributed by atoms with Crippen LogP contribution in [0, 0.1) is 0 Å². The summed E-state index contributed by atoms with van der Waals surface area (Å²) >= 11 is 0. The molecule has 20 heavy (non-hydrogen) atoms. The Kier molecular flexibility index (Phi) is 5.02. The molecule has 3 heteroatoms. The Balaban J connectivity index is 1.89. The third-order valence-corrected chi connectivity index (χ3v) is 3.40. The zero-order valence-corrected chi connectivity index (χ0v) is 12.2. The number of rotatable bonds is 6. The van der Waals surface area contributed by atoms with Gasteiger partial charge in [-0.3, -0.25) is 0 Å². The summed E-state index contributed by atoms with van der Waals surface area (Å²) in [6, 6.07) is 16.2. The second kappa shape index (κ2) is 6.96. The molecule has 0 aliphatic heterocycles. The van der Waals surface area contributed by atoms with Gasteiger partial charge in [0.15, 0.2) is 0 Å². The molecule has 0 saturated heterocycles. The van der Waals surface area contributed by atoms with Crippen molar-refractivity contribution in [3.05, 3.63) is 59.7 Å². The fourth-order valence-corrected chi connectivity index (χ4v) is 2.23. The van der Waals surface area contributed by atoms with Gasteiger partial charge >= 0.3 is 0 Å². The molecule has 2 N–H and O–H groups in total. The Bertz CT molecular complexity index is 554. The SMILES string of the molecule is COc1cccc(CN(C)CCc2ccccc2N)c1. The first-order valence-electron chi connectivity index (χ1n) is 6.84. The lowest BCUT2D eigenvalue weighted by Gasteiger charge is -2.17. The van der Waals surface area contributed by atoms with Crippen molar-refractivity contribution < 1.29 is 4.74 Å². The van der Waals surface area contributed by atoms with Crippen molar-refractivity contribution >= 4 is 5.69 Å². The van der Waals surface area contributed by atoms with Crippen LogP contribution >= 0.6 is 0 Å². The standard InChI is InChI=1S/C17H22N2O/c1-19(11-10-15-7-3-4-9-17(15)18)13-14-6-5-8-16(12-14)20-2/h3-9,12H,10-11,13,18H2,1-2H3. The molecule has 2 aromatic carbocycles. The summed E-state index contributed by atoms with van der Waals surface area (Å²) in [6.45, 7) is 1.88. The number of nitrogens with two attached hydrogens (primary N) is 1. The van der Waals surface area contributed by atoms with Crippen LogP contribution in [0.1, 0.15) is 11.1 Å². The van der Waals surface area contributed by atoms with E-state index in [-0.39, 0.29) is 0 Å². The van der Waals surface area contributed by atoms with Crippen LogP contribution in [0.3, 0.4) is 0 Å². The van der Waals surface area contributed by atoms with E-state index in [1.54, 1.807) is 7.11 Å². The van der Waals surface area contributed by atoms with Crippen LogP contribution in [0.4, 0.5) is 5.69 Å². The number of nitrogen functional groups attached to an aromatic ring is 1. The smallest absolute Gasteiger partial charge is 0.119 e. The van der Waals surface area contributed by atoms with Gasteiger partial charge in [-0.2, -0.15) is 0 Å². The number of hydrogen-bond acceptors (Lipinski definition) is 3. The van der Waals surface area contributed by atoms with E-state index in [1.807, 2.05) is 30.3 Å². The van der Waals surface area contributed by atoms with Crippen LogP contribution in [0.5, 0.6) is 5.75 Å². The Morgan fingerprint density at radius 3 is 2.65 bits per heavy atom. The minimum Gasteiger partial charge on any atom is -0.497 e. The van der Waals surface area contributed by atoms with Crippen molar-refractivity contribution in [2.45, 2.75) is 13.0 Å². The zero-order chi connectivity index (χ0) is 14.4. The molecule has 0 aromatic heterocycles. The lowest BCUT2D eigenvalue weighted by atomic mass is 10.1. The van der Waals surface area contributed by atoms with Crippen LogP contribution in [0.15, 0.2) is 48.5 Å². The van der Waals surface area contributed by atoms with E-state index in [2.05, 4.69) is 30.1 Å². The van der Waals surface area contributed by atoms with Crippen LogP contribution in [0.2, 0.25) is 0 Å². The number of benzene rings is 2. The van der Waals surface area contributed by atoms with Crippen molar-refractivity contribution in [2.24, 2.45) is 0 Å². The summed E-state index contributed by atoms with van der Waals surface area (Å²) in [5.41, 5.74) is 9.31. The number of anilines is 1. The quantitative estimate of drug-likeness (QED) is 0.820. The lowest BCUT2D eigenvalue weighted by molar-refractivity contribution is 0.330. The Labute approximate surface area is 121 Å². The van der Waals surface area contributed by atoms with Crippen molar-refractivity contribution in [3.63, 3.8) is 0 Å². The summed E-state index contributed by atoms with van der Waals surface area (Å²) < 4.78 is 5.25. The molecule has 106 valence electrons. The van der Waals surface area contributed by atoms with E-state index in [9.17, 15) is 0 Å². The topological polar surface area (TPSA) is 38.5 Å². The molecule has 0 amide bonds. The van der Waals surface area contributed by atoms with Crippen molar-refractivity contribution in [3.8, 4) is 5.75 Å². The largest absolute Gasteiger partial charge is 0.497 e. The van der Waals surface area contributed by atoms with Crippen LogP contribution in [-0.2, 0) is 13.0 Å². The maximum atomic E-state index is 5.96. The average molecular weight is 270 g/mol. The van der Waals surface area contributed by atoms with Gasteiger partial charge in [-0.1, -0.05) is 30.3 Å². The first-order valence-corrected chi connectivity index (χ1v) is 6.84. The molecule has 3 nitrogen and oxygen atoms in total. The number of methoxy groups -OCH3 is 1. The van der Waals surface area contributed by atoms with Gasteiger partial charge in [-0.25, -0.2) is 0 Å². The first kappa shape index (κ1) is 14.4. The van der Waals surface area contributed by atoms with E-state index >= 15 is 0 Å². The fraction of sp³-hybridized carbons (Fsp3) is 0.294. The number of nitrogens with zero attached hydrogens (tertiary/aromatic N) is 1. The maximum absolute atomic E-state index is 5.96. The minimum atomic E-state index is 0.877. The second-order valence-electron chi connectivity index (χ2n) is 5.04. The van der Waals surface area contributed by atoms with Gasteiger partial charge in [-0.05, 0) is 42.8 Å². The molecule has 2 aromatic rings. The Morgan fingerprint density at radius 1 is 1.10 bits per heavy atom. The van der Waals surface area contributed by atoms with Crippen LogP contribution in [0.25, 0.3) is 0 Å². The monoisotopic (exact) mass is 270 g/mol. The van der Waals surface area contributed by atoms with Gasteiger partial charge in [0.1, 0.15) is 5.75 Å². The predicted molar refractivity (Wildman–Crippen MR) is 83.9 cm³/mol. The lowest BCUT2D eigenvalue weighted by Crippen LogP contribution is -2.21. The van der Waals surface area contributed by atoms with E-state index < -0.39 is 0 Å². The summed E-state index contributed by atoms with van der Waals surface area (Å²) in [5.74, 6) is 0.906. The molecule has 0 aliphatic rings. The van der Waals surface area contributed by atoms with E-state index in [0.717, 1.165) is 30.9 Å². The van der Waals surface area contributed by atoms with E-state index in [0.29, 0.717) is 0 Å². The normalized spacial score (nSPS) is 10.8. The fourth-order valence-electron chi connectivity index (χ4n) is 2.23. The predicted octanol–water partition coefficient (Wildman–Crippen LogP) is 2.95. The maximum Gasteiger partial charge on any atom is 0.119 e. The molecule has 2 rings (SSSR count). The van der Waals surface area contributed by atoms with Crippen LogP contribution in [-0.4, -0.2) is 25.6 Å². The molecule has 0 spiro atoms. The minimum absolute atomic E-state index is 0.877. The molecule has 0 heterocycles. The number of hydrogen-bond donors (Lipinski definition) is 1. The number of ether oxygens (including phenoxy) is 1. The van der Waals surface area contributed by atoms with Gasteiger partial charge in [0.2, 0.25) is 0 Å². The van der Waals surface area contributed by atoms with Crippen LogP contribution < -0.4 is 10.5 Å². The molecular formula is C17H22N2O. The molecule has 0 saturated carbocycles. The van der Waals surface area contributed by atoms with E-state index in [4.69, 9.17) is 10.5 Å². The molecule has 0 bridgehead atoms. The number of para-hydroxylation sites is 1. The highest BCUT2D eigenvalue weighted by Gasteiger charge is 2.04. The molecule has 0 aliphatic carbocycles. The van der Waals surface area contributed by atoms with E-state index in [1.165, 1.54) is 11.1 Å². The van der Waals surface area contributed by atoms with Crippen molar-refractivity contribution in [1.29, 1.82) is 0 Å². The number of likely N-dealkylation sites (N-methyl/N-ethyl adjacent to an activating group) is 1. The highest BCUT2D eigenvalue weighted by Crippen LogP contribution is 2.15.